The van der Waals surface area contributed by atoms with Crippen LogP contribution in [-0.4, -0.2) is 23.6 Å². The van der Waals surface area contributed by atoms with Crippen molar-refractivity contribution in [3.8, 4) is 0 Å². The van der Waals surface area contributed by atoms with Gasteiger partial charge in [0.05, 0.1) is 0 Å². The van der Waals surface area contributed by atoms with Crippen LogP contribution in [-0.2, 0) is 19.1 Å². The molecule has 0 aliphatic heterocycles. The number of rotatable bonds is 7. The van der Waals surface area contributed by atoms with Gasteiger partial charge in [-0.15, -0.1) is 0 Å². The smallest absolute Gasteiger partial charge is 0.303 e. The van der Waals surface area contributed by atoms with E-state index in [1.54, 1.807) is 13.8 Å². The Balaban J connectivity index is 1.65. The molecule has 0 aromatic heterocycles. The highest BCUT2D eigenvalue weighted by Gasteiger charge is 2.68. The Bertz CT molecular complexity index is 791. The van der Waals surface area contributed by atoms with Gasteiger partial charge in [0.25, 0.3) is 0 Å². The summed E-state index contributed by atoms with van der Waals surface area (Å²) in [6, 6.07) is 0. The molecule has 0 aromatic rings. The Morgan fingerprint density at radius 3 is 2.26 bits per heavy atom. The minimum atomic E-state index is -0.338. The van der Waals surface area contributed by atoms with E-state index in [1.807, 2.05) is 0 Å². The lowest BCUT2D eigenvalue weighted by molar-refractivity contribution is -0.242. The van der Waals surface area contributed by atoms with E-state index >= 15 is 0 Å². The predicted octanol–water partition coefficient (Wildman–Crippen LogP) is 7.73. The molecule has 4 fully saturated rings. The Morgan fingerprint density at radius 2 is 1.60 bits per heavy atom. The van der Waals surface area contributed by atoms with Crippen LogP contribution in [0.2, 0.25) is 0 Å². The van der Waals surface area contributed by atoms with Gasteiger partial charge in [0, 0.05) is 24.7 Å². The molecule has 0 amide bonds. The molecule has 35 heavy (non-hydrogen) atoms. The lowest BCUT2D eigenvalue weighted by Gasteiger charge is -2.65. The van der Waals surface area contributed by atoms with Crippen molar-refractivity contribution in [3.63, 3.8) is 0 Å². The summed E-state index contributed by atoms with van der Waals surface area (Å²) in [5, 5.41) is 0. The van der Waals surface area contributed by atoms with E-state index in [0.29, 0.717) is 29.6 Å². The van der Waals surface area contributed by atoms with Gasteiger partial charge < -0.3 is 9.47 Å². The standard InChI is InChI=1S/C31H52O4/c1-20(2)11-10-12-21(3)25-13-14-26-24-15-18-31(35-23(5)33)17-9-8-16-29(31,6)27(24)19-28(30(25,26)7)34-22(4)32/h20-21,24-28H,8-19H2,1-7H3/t21-,24+,25-,26+,27+,28?,29-,30-,31?/m1/s1. The first kappa shape index (κ1) is 27.0. The molecular weight excluding hydrogens is 436 g/mol. The second-order valence-electron chi connectivity index (χ2n) is 13.8. The number of esters is 2. The van der Waals surface area contributed by atoms with E-state index < -0.39 is 0 Å². The van der Waals surface area contributed by atoms with Gasteiger partial charge in [0.15, 0.2) is 0 Å². The average molecular weight is 489 g/mol. The molecule has 0 N–H and O–H groups in total. The van der Waals surface area contributed by atoms with Crippen molar-refractivity contribution >= 4 is 11.9 Å². The molecule has 0 heterocycles. The Kier molecular flexibility index (Phi) is 7.72. The highest BCUT2D eigenvalue weighted by Crippen LogP contribution is 2.70. The maximum atomic E-state index is 12.4. The first-order chi connectivity index (χ1) is 16.4. The van der Waals surface area contributed by atoms with Gasteiger partial charge >= 0.3 is 11.9 Å². The molecule has 2 unspecified atom stereocenters. The van der Waals surface area contributed by atoms with Gasteiger partial charge in [0.2, 0.25) is 0 Å². The minimum absolute atomic E-state index is 0.0272. The van der Waals surface area contributed by atoms with Gasteiger partial charge in [0.1, 0.15) is 11.7 Å². The van der Waals surface area contributed by atoms with Gasteiger partial charge in [-0.3, -0.25) is 9.59 Å². The number of carbonyl (C=O) groups excluding carboxylic acids is 2. The number of fused-ring (bicyclic) bond motifs is 5. The summed E-state index contributed by atoms with van der Waals surface area (Å²) in [5.74, 6) is 3.45. The number of carbonyl (C=O) groups is 2. The summed E-state index contributed by atoms with van der Waals surface area (Å²) in [4.78, 5) is 24.7. The van der Waals surface area contributed by atoms with E-state index in [-0.39, 0.29) is 34.5 Å². The molecular formula is C31H52O4. The third-order valence-corrected chi connectivity index (χ3v) is 11.6. The van der Waals surface area contributed by atoms with Gasteiger partial charge in [-0.1, -0.05) is 60.3 Å². The molecule has 200 valence electrons. The van der Waals surface area contributed by atoms with Crippen molar-refractivity contribution in [2.24, 2.45) is 46.3 Å². The summed E-state index contributed by atoms with van der Waals surface area (Å²) in [7, 11) is 0. The van der Waals surface area contributed by atoms with Crippen LogP contribution in [0.1, 0.15) is 126 Å². The van der Waals surface area contributed by atoms with Crippen LogP contribution >= 0.6 is 0 Å². The van der Waals surface area contributed by atoms with E-state index in [4.69, 9.17) is 9.47 Å². The maximum absolute atomic E-state index is 12.4. The average Bonchev–Trinajstić information content (AvgIpc) is 3.12. The molecule has 4 aliphatic rings. The fraction of sp³-hybridized carbons (Fsp3) is 0.935. The van der Waals surface area contributed by atoms with Crippen LogP contribution in [0.25, 0.3) is 0 Å². The third kappa shape index (κ3) is 4.58. The highest BCUT2D eigenvalue weighted by atomic mass is 16.6. The van der Waals surface area contributed by atoms with Crippen LogP contribution in [0.5, 0.6) is 0 Å². The topological polar surface area (TPSA) is 52.6 Å². The summed E-state index contributed by atoms with van der Waals surface area (Å²) >= 11 is 0. The van der Waals surface area contributed by atoms with Crippen molar-refractivity contribution in [3.05, 3.63) is 0 Å². The Morgan fingerprint density at radius 1 is 0.886 bits per heavy atom. The van der Waals surface area contributed by atoms with Crippen LogP contribution < -0.4 is 0 Å². The lowest BCUT2D eigenvalue weighted by atomic mass is 9.42. The number of ether oxygens (including phenoxy) is 2. The molecule has 9 atom stereocenters. The second-order valence-corrected chi connectivity index (χ2v) is 13.8. The van der Waals surface area contributed by atoms with E-state index in [9.17, 15) is 9.59 Å². The van der Waals surface area contributed by atoms with Crippen LogP contribution in [0, 0.1) is 46.3 Å². The lowest BCUT2D eigenvalue weighted by Crippen LogP contribution is -2.65. The summed E-state index contributed by atoms with van der Waals surface area (Å²) in [6.45, 7) is 15.2. The number of hydrogen-bond acceptors (Lipinski definition) is 4. The van der Waals surface area contributed by atoms with E-state index in [0.717, 1.165) is 44.4 Å². The SMILES string of the molecule is CC(=O)OC1C[C@H]2[C@@H](CCC3(OC(C)=O)CCCC[C@]23C)[C@@H]2CC[C@H]([C@H](C)CCCC(C)C)[C@@]12C. The third-order valence-electron chi connectivity index (χ3n) is 11.6. The van der Waals surface area contributed by atoms with Gasteiger partial charge in [-0.25, -0.2) is 0 Å². The van der Waals surface area contributed by atoms with Crippen molar-refractivity contribution in [2.45, 2.75) is 137 Å². The van der Waals surface area contributed by atoms with Crippen molar-refractivity contribution in [1.29, 1.82) is 0 Å². The van der Waals surface area contributed by atoms with Crippen molar-refractivity contribution in [2.75, 3.05) is 0 Å². The molecule has 0 saturated heterocycles. The fourth-order valence-corrected chi connectivity index (χ4v) is 10.0. The summed E-state index contributed by atoms with van der Waals surface area (Å²) in [5.41, 5.74) is -0.314. The van der Waals surface area contributed by atoms with E-state index in [2.05, 4.69) is 34.6 Å². The Hall–Kier alpha value is -1.06. The molecule has 4 saturated carbocycles. The first-order valence-corrected chi connectivity index (χ1v) is 14.8. The fourth-order valence-electron chi connectivity index (χ4n) is 10.0. The zero-order chi connectivity index (χ0) is 25.6. The monoisotopic (exact) mass is 488 g/mol. The quantitative estimate of drug-likeness (QED) is 0.344. The molecule has 0 aromatic carbocycles. The first-order valence-electron chi connectivity index (χ1n) is 14.8. The maximum Gasteiger partial charge on any atom is 0.303 e. The molecule has 0 radical (unpaired) electrons. The van der Waals surface area contributed by atoms with Crippen molar-refractivity contribution in [1.82, 2.24) is 0 Å². The molecule has 4 heteroatoms. The van der Waals surface area contributed by atoms with Gasteiger partial charge in [-0.2, -0.15) is 0 Å². The Labute approximate surface area is 214 Å². The zero-order valence-corrected chi connectivity index (χ0v) is 23.7. The molecule has 0 spiro atoms. The van der Waals surface area contributed by atoms with Gasteiger partial charge in [-0.05, 0) is 86.9 Å². The largest absolute Gasteiger partial charge is 0.462 e. The van der Waals surface area contributed by atoms with Crippen LogP contribution in [0.3, 0.4) is 0 Å². The predicted molar refractivity (Wildman–Crippen MR) is 140 cm³/mol. The van der Waals surface area contributed by atoms with Crippen molar-refractivity contribution < 1.29 is 19.1 Å². The van der Waals surface area contributed by atoms with Crippen LogP contribution in [0.15, 0.2) is 0 Å². The number of hydrogen-bond donors (Lipinski definition) is 0. The molecule has 4 nitrogen and oxygen atoms in total. The zero-order valence-electron chi connectivity index (χ0n) is 23.7. The minimum Gasteiger partial charge on any atom is -0.462 e. The molecule has 4 aliphatic carbocycles. The summed E-state index contributed by atoms with van der Waals surface area (Å²) < 4.78 is 12.5. The van der Waals surface area contributed by atoms with Crippen LogP contribution in [0.4, 0.5) is 0 Å². The summed E-state index contributed by atoms with van der Waals surface area (Å²) in [6.07, 6.45) is 13.9. The normalized spacial score (nSPS) is 43.6. The van der Waals surface area contributed by atoms with E-state index in [1.165, 1.54) is 38.5 Å². The molecule has 4 rings (SSSR count). The molecule has 0 bridgehead atoms. The second kappa shape index (κ2) is 10.0. The highest BCUT2D eigenvalue weighted by molar-refractivity contribution is 5.67.